The van der Waals surface area contributed by atoms with Crippen LogP contribution < -0.4 is 10.1 Å². The summed E-state index contributed by atoms with van der Waals surface area (Å²) >= 11 is 0. The van der Waals surface area contributed by atoms with Gasteiger partial charge in [0.05, 0.1) is 16.7 Å². The quantitative estimate of drug-likeness (QED) is 0.251. The number of aromatic nitrogens is 2. The van der Waals surface area contributed by atoms with Gasteiger partial charge in [-0.1, -0.05) is 17.7 Å². The van der Waals surface area contributed by atoms with Gasteiger partial charge in [-0.05, 0) is 32.0 Å². The Balaban J connectivity index is 1.87. The number of rotatable bonds is 8. The van der Waals surface area contributed by atoms with E-state index in [0.29, 0.717) is 16.5 Å². The van der Waals surface area contributed by atoms with Gasteiger partial charge in [0.2, 0.25) is 5.91 Å². The van der Waals surface area contributed by atoms with Crippen LogP contribution in [0.2, 0.25) is 0 Å². The standard InChI is InChI=1S/C21H18F4N4O4/c1-11-3-5-15(6-4-11)33-16-8-13(7-14(9-16)29(31)32)26-21(30)12(2)28-18(20(24)25)10-17(27-28)19(22)23/h3-10,12,19-20H,1-2H3,(H,26,30). The molecule has 174 valence electrons. The van der Waals surface area contributed by atoms with E-state index in [1.54, 1.807) is 24.3 Å². The Hall–Kier alpha value is -3.96. The number of nitro groups is 1. The lowest BCUT2D eigenvalue weighted by molar-refractivity contribution is -0.384. The van der Waals surface area contributed by atoms with Crippen molar-refractivity contribution >= 4 is 17.3 Å². The van der Waals surface area contributed by atoms with Gasteiger partial charge in [0.25, 0.3) is 18.5 Å². The molecule has 0 aliphatic carbocycles. The highest BCUT2D eigenvalue weighted by Crippen LogP contribution is 2.31. The van der Waals surface area contributed by atoms with Crippen LogP contribution in [0.5, 0.6) is 11.5 Å². The average Bonchev–Trinajstić information content (AvgIpc) is 3.21. The lowest BCUT2D eigenvalue weighted by Gasteiger charge is -2.16. The van der Waals surface area contributed by atoms with Crippen molar-refractivity contribution in [3.8, 4) is 11.5 Å². The summed E-state index contributed by atoms with van der Waals surface area (Å²) in [5.41, 5.74) is -1.22. The molecule has 8 nitrogen and oxygen atoms in total. The number of carbonyl (C=O) groups is 1. The maximum Gasteiger partial charge on any atom is 0.282 e. The maximum atomic E-state index is 13.3. The zero-order chi connectivity index (χ0) is 24.3. The molecule has 1 N–H and O–H groups in total. The number of benzene rings is 2. The number of alkyl halides is 4. The molecule has 0 aliphatic heterocycles. The molecule has 0 bridgehead atoms. The minimum absolute atomic E-state index is 0.0448. The van der Waals surface area contributed by atoms with Crippen molar-refractivity contribution in [2.24, 2.45) is 0 Å². The lowest BCUT2D eigenvalue weighted by Crippen LogP contribution is -2.26. The van der Waals surface area contributed by atoms with Crippen LogP contribution in [0, 0.1) is 17.0 Å². The SMILES string of the molecule is Cc1ccc(Oc2cc(NC(=O)C(C)n3nc(C(F)F)cc3C(F)F)cc([N+](=O)[O-])c2)cc1. The number of nitrogens with one attached hydrogen (secondary N) is 1. The molecule has 0 spiro atoms. The van der Waals surface area contributed by atoms with Crippen molar-refractivity contribution in [2.75, 3.05) is 5.32 Å². The van der Waals surface area contributed by atoms with Crippen LogP contribution in [0.1, 0.15) is 42.8 Å². The summed E-state index contributed by atoms with van der Waals surface area (Å²) in [5.74, 6) is -0.463. The second-order valence-electron chi connectivity index (χ2n) is 7.09. The van der Waals surface area contributed by atoms with Crippen LogP contribution in [0.25, 0.3) is 0 Å². The van der Waals surface area contributed by atoms with Gasteiger partial charge in [0, 0.05) is 12.1 Å². The molecule has 0 saturated carbocycles. The van der Waals surface area contributed by atoms with Gasteiger partial charge in [0.15, 0.2) is 0 Å². The van der Waals surface area contributed by atoms with Crippen molar-refractivity contribution < 1.29 is 32.0 Å². The average molecular weight is 466 g/mol. The van der Waals surface area contributed by atoms with Gasteiger partial charge in [-0.15, -0.1) is 0 Å². The first kappa shape index (κ1) is 23.7. The molecule has 0 fully saturated rings. The Morgan fingerprint density at radius 3 is 2.30 bits per heavy atom. The summed E-state index contributed by atoms with van der Waals surface area (Å²) in [6, 6.07) is 9.47. The number of halogens is 4. The largest absolute Gasteiger partial charge is 0.457 e. The fourth-order valence-electron chi connectivity index (χ4n) is 2.93. The Kier molecular flexibility index (Phi) is 6.95. The zero-order valence-electron chi connectivity index (χ0n) is 17.3. The van der Waals surface area contributed by atoms with Gasteiger partial charge in [-0.25, -0.2) is 17.6 Å². The van der Waals surface area contributed by atoms with E-state index in [1.807, 2.05) is 6.92 Å². The highest BCUT2D eigenvalue weighted by atomic mass is 19.3. The minimum atomic E-state index is -3.15. The van der Waals surface area contributed by atoms with Gasteiger partial charge < -0.3 is 10.1 Å². The van der Waals surface area contributed by atoms with Crippen molar-refractivity contribution in [3.05, 3.63) is 75.6 Å². The van der Waals surface area contributed by atoms with E-state index in [2.05, 4.69) is 10.4 Å². The van der Waals surface area contributed by atoms with Gasteiger partial charge in [-0.3, -0.25) is 19.6 Å². The van der Waals surface area contributed by atoms with Crippen molar-refractivity contribution in [1.29, 1.82) is 0 Å². The molecule has 1 aromatic heterocycles. The first-order chi connectivity index (χ1) is 15.5. The topological polar surface area (TPSA) is 99.3 Å². The van der Waals surface area contributed by atoms with E-state index in [4.69, 9.17) is 4.74 Å². The predicted molar refractivity (Wildman–Crippen MR) is 110 cm³/mol. The third-order valence-electron chi connectivity index (χ3n) is 4.60. The molecule has 12 heteroatoms. The van der Waals surface area contributed by atoms with Crippen LogP contribution in [-0.4, -0.2) is 20.6 Å². The van der Waals surface area contributed by atoms with Crippen molar-refractivity contribution in [2.45, 2.75) is 32.7 Å². The van der Waals surface area contributed by atoms with E-state index >= 15 is 0 Å². The van der Waals surface area contributed by atoms with E-state index < -0.39 is 46.8 Å². The summed E-state index contributed by atoms with van der Waals surface area (Å²) in [4.78, 5) is 23.2. The van der Waals surface area contributed by atoms with Crippen LogP contribution in [0.4, 0.5) is 28.9 Å². The Morgan fingerprint density at radius 1 is 1.06 bits per heavy atom. The number of aryl methyl sites for hydroxylation is 1. The molecule has 0 radical (unpaired) electrons. The summed E-state index contributed by atoms with van der Waals surface area (Å²) in [6.07, 6.45) is -6.25. The first-order valence-electron chi connectivity index (χ1n) is 9.55. The summed E-state index contributed by atoms with van der Waals surface area (Å²) in [7, 11) is 0. The molecular formula is C21H18F4N4O4. The Labute approximate surface area is 184 Å². The molecule has 1 amide bonds. The molecular weight excluding hydrogens is 448 g/mol. The molecule has 1 atom stereocenters. The van der Waals surface area contributed by atoms with Crippen molar-refractivity contribution in [3.63, 3.8) is 0 Å². The molecule has 1 unspecified atom stereocenters. The summed E-state index contributed by atoms with van der Waals surface area (Å²) in [6.45, 7) is 3.06. The molecule has 1 heterocycles. The van der Waals surface area contributed by atoms with E-state index in [9.17, 15) is 32.5 Å². The number of hydrogen-bond acceptors (Lipinski definition) is 5. The number of nitro benzene ring substituents is 1. The number of hydrogen-bond donors (Lipinski definition) is 1. The van der Waals surface area contributed by atoms with Crippen molar-refractivity contribution in [1.82, 2.24) is 9.78 Å². The highest BCUT2D eigenvalue weighted by Gasteiger charge is 2.27. The van der Waals surface area contributed by atoms with E-state index in [-0.39, 0.29) is 11.4 Å². The van der Waals surface area contributed by atoms with Crippen LogP contribution in [0.3, 0.4) is 0 Å². The zero-order valence-corrected chi connectivity index (χ0v) is 17.3. The third kappa shape index (κ3) is 5.64. The van der Waals surface area contributed by atoms with Crippen LogP contribution in [-0.2, 0) is 4.79 Å². The number of nitrogens with zero attached hydrogens (tertiary/aromatic N) is 3. The number of ether oxygens (including phenoxy) is 1. The summed E-state index contributed by atoms with van der Waals surface area (Å²) < 4.78 is 58.4. The molecule has 0 saturated heterocycles. The second-order valence-corrected chi connectivity index (χ2v) is 7.09. The van der Waals surface area contributed by atoms with Gasteiger partial charge in [0.1, 0.15) is 28.9 Å². The Morgan fingerprint density at radius 2 is 1.73 bits per heavy atom. The number of carbonyl (C=O) groups excluding carboxylic acids is 1. The van der Waals surface area contributed by atoms with Gasteiger partial charge in [-0.2, -0.15) is 5.10 Å². The molecule has 33 heavy (non-hydrogen) atoms. The number of anilines is 1. The minimum Gasteiger partial charge on any atom is -0.457 e. The summed E-state index contributed by atoms with van der Waals surface area (Å²) in [5, 5.41) is 17.1. The lowest BCUT2D eigenvalue weighted by atomic mass is 10.2. The fourth-order valence-corrected chi connectivity index (χ4v) is 2.93. The van der Waals surface area contributed by atoms with Crippen LogP contribution >= 0.6 is 0 Å². The first-order valence-corrected chi connectivity index (χ1v) is 9.55. The molecule has 0 aliphatic rings. The van der Waals surface area contributed by atoms with Gasteiger partial charge >= 0.3 is 0 Å². The monoisotopic (exact) mass is 466 g/mol. The normalized spacial score (nSPS) is 12.1. The molecule has 2 aromatic carbocycles. The maximum absolute atomic E-state index is 13.3. The van der Waals surface area contributed by atoms with E-state index in [0.717, 1.165) is 17.7 Å². The third-order valence-corrected chi connectivity index (χ3v) is 4.60. The smallest absolute Gasteiger partial charge is 0.282 e. The Bertz CT molecular complexity index is 1170. The predicted octanol–water partition coefficient (Wildman–Crippen LogP) is 5.97. The highest BCUT2D eigenvalue weighted by molar-refractivity contribution is 5.94. The molecule has 3 rings (SSSR count). The van der Waals surface area contributed by atoms with Crippen LogP contribution in [0.15, 0.2) is 48.5 Å². The number of amides is 1. The fraction of sp³-hybridized carbons (Fsp3) is 0.238. The second kappa shape index (κ2) is 9.67. The molecule has 3 aromatic rings. The number of non-ortho nitro benzene ring substituents is 1. The van der Waals surface area contributed by atoms with E-state index in [1.165, 1.54) is 13.0 Å².